The molecule has 0 aliphatic rings. The van der Waals surface area contributed by atoms with Crippen molar-refractivity contribution in [1.82, 2.24) is 5.32 Å². The first kappa shape index (κ1) is 20.3. The third-order valence-electron chi connectivity index (χ3n) is 2.47. The highest BCUT2D eigenvalue weighted by atomic mass is 19.4. The minimum Gasteiger partial charge on any atom is -0.444 e. The van der Waals surface area contributed by atoms with Gasteiger partial charge >= 0.3 is 12.3 Å². The second-order valence-corrected chi connectivity index (χ2v) is 5.49. The van der Waals surface area contributed by atoms with Crippen molar-refractivity contribution < 1.29 is 22.7 Å². The highest BCUT2D eigenvalue weighted by molar-refractivity contribution is 5.68. The van der Waals surface area contributed by atoms with Gasteiger partial charge in [-0.2, -0.15) is 13.2 Å². The predicted molar refractivity (Wildman–Crippen MR) is 80.6 cm³/mol. The molecule has 0 aromatic heterocycles. The zero-order valence-corrected chi connectivity index (χ0v) is 13.8. The number of carbonyl (C=O) groups is 1. The lowest BCUT2D eigenvalue weighted by molar-refractivity contribution is -0.137. The fraction of sp³-hybridized carbons (Fsp3) is 0.562. The van der Waals surface area contributed by atoms with E-state index in [1.54, 1.807) is 27.7 Å². The van der Waals surface area contributed by atoms with Crippen LogP contribution < -0.4 is 5.32 Å². The summed E-state index contributed by atoms with van der Waals surface area (Å²) in [4.78, 5) is 11.6. The Balaban J connectivity index is 0.00000211. The van der Waals surface area contributed by atoms with Crippen LogP contribution >= 0.6 is 0 Å². The third kappa shape index (κ3) is 7.33. The van der Waals surface area contributed by atoms with Crippen molar-refractivity contribution in [3.63, 3.8) is 0 Å². The molecule has 0 saturated heterocycles. The van der Waals surface area contributed by atoms with Crippen LogP contribution in [0.3, 0.4) is 0 Å². The van der Waals surface area contributed by atoms with E-state index in [0.717, 1.165) is 12.1 Å². The standard InChI is InChI=1S/C14H18F3NO2.C2H6/c1-9(18-12(19)20-13(2,3)4)10-5-7-11(8-6-10)14(15,16)17;1-2/h5-9H,1-4H3,(H,18,19);1-2H3. The SMILES string of the molecule is CC.CC(NC(=O)OC(C)(C)C)c1ccc(C(F)(F)F)cc1. The largest absolute Gasteiger partial charge is 0.444 e. The smallest absolute Gasteiger partial charge is 0.416 e. The quantitative estimate of drug-likeness (QED) is 0.801. The summed E-state index contributed by atoms with van der Waals surface area (Å²) in [5.74, 6) is 0. The van der Waals surface area contributed by atoms with E-state index >= 15 is 0 Å². The lowest BCUT2D eigenvalue weighted by Gasteiger charge is -2.22. The second kappa shape index (κ2) is 8.06. The van der Waals surface area contributed by atoms with Gasteiger partial charge in [0.1, 0.15) is 5.60 Å². The topological polar surface area (TPSA) is 38.3 Å². The molecule has 1 N–H and O–H groups in total. The van der Waals surface area contributed by atoms with E-state index in [1.165, 1.54) is 12.1 Å². The minimum absolute atomic E-state index is 0.438. The maximum atomic E-state index is 12.4. The molecule has 3 nitrogen and oxygen atoms in total. The van der Waals surface area contributed by atoms with Crippen molar-refractivity contribution in [2.75, 3.05) is 0 Å². The van der Waals surface area contributed by atoms with E-state index in [2.05, 4.69) is 5.32 Å². The molecule has 1 amide bonds. The van der Waals surface area contributed by atoms with Crippen LogP contribution in [0.2, 0.25) is 0 Å². The lowest BCUT2D eigenvalue weighted by Crippen LogP contribution is -2.34. The summed E-state index contributed by atoms with van der Waals surface area (Å²) >= 11 is 0. The van der Waals surface area contributed by atoms with Gasteiger partial charge in [0.2, 0.25) is 0 Å². The number of halogens is 3. The maximum absolute atomic E-state index is 12.4. The third-order valence-corrected chi connectivity index (χ3v) is 2.47. The van der Waals surface area contributed by atoms with E-state index in [4.69, 9.17) is 4.74 Å². The highest BCUT2D eigenvalue weighted by Gasteiger charge is 2.30. The Morgan fingerprint density at radius 2 is 1.55 bits per heavy atom. The van der Waals surface area contributed by atoms with Gasteiger partial charge in [0.15, 0.2) is 0 Å². The number of ether oxygens (including phenoxy) is 1. The zero-order chi connectivity index (χ0) is 17.6. The predicted octanol–water partition coefficient (Wildman–Crippen LogP) is 5.32. The van der Waals surface area contributed by atoms with Crippen molar-refractivity contribution in [3.05, 3.63) is 35.4 Å². The van der Waals surface area contributed by atoms with Gasteiger partial charge in [-0.25, -0.2) is 4.79 Å². The lowest BCUT2D eigenvalue weighted by atomic mass is 10.1. The van der Waals surface area contributed by atoms with Crippen molar-refractivity contribution in [2.45, 2.75) is 59.4 Å². The van der Waals surface area contributed by atoms with Crippen LogP contribution in [0.4, 0.5) is 18.0 Å². The summed E-state index contributed by atoms with van der Waals surface area (Å²) in [6.45, 7) is 10.9. The maximum Gasteiger partial charge on any atom is 0.416 e. The van der Waals surface area contributed by atoms with Gasteiger partial charge in [0.25, 0.3) is 0 Å². The van der Waals surface area contributed by atoms with Gasteiger partial charge in [-0.05, 0) is 45.4 Å². The molecule has 0 heterocycles. The first-order valence-corrected chi connectivity index (χ1v) is 7.16. The number of nitrogens with one attached hydrogen (secondary N) is 1. The van der Waals surface area contributed by atoms with Gasteiger partial charge in [0, 0.05) is 0 Å². The number of amides is 1. The summed E-state index contributed by atoms with van der Waals surface area (Å²) in [7, 11) is 0. The van der Waals surface area contributed by atoms with Crippen LogP contribution in [0.15, 0.2) is 24.3 Å². The van der Waals surface area contributed by atoms with Crippen molar-refractivity contribution >= 4 is 6.09 Å². The second-order valence-electron chi connectivity index (χ2n) is 5.49. The Kier molecular flexibility index (Phi) is 7.43. The molecule has 0 saturated carbocycles. The molecule has 0 spiro atoms. The molecule has 22 heavy (non-hydrogen) atoms. The molecular weight excluding hydrogens is 295 g/mol. The Labute approximate surface area is 129 Å². The van der Waals surface area contributed by atoms with Gasteiger partial charge in [-0.3, -0.25) is 0 Å². The molecule has 1 unspecified atom stereocenters. The highest BCUT2D eigenvalue weighted by Crippen LogP contribution is 2.29. The molecule has 1 rings (SSSR count). The van der Waals surface area contributed by atoms with Crippen LogP contribution in [0.5, 0.6) is 0 Å². The Morgan fingerprint density at radius 1 is 1.09 bits per heavy atom. The average Bonchev–Trinajstić information content (AvgIpc) is 2.38. The van der Waals surface area contributed by atoms with E-state index < -0.39 is 29.5 Å². The number of benzene rings is 1. The zero-order valence-electron chi connectivity index (χ0n) is 13.8. The summed E-state index contributed by atoms with van der Waals surface area (Å²) < 4.78 is 42.4. The fourth-order valence-electron chi connectivity index (χ4n) is 1.53. The molecule has 0 aliphatic heterocycles. The number of hydrogen-bond acceptors (Lipinski definition) is 2. The van der Waals surface area contributed by atoms with Crippen LogP contribution in [-0.4, -0.2) is 11.7 Å². The van der Waals surface area contributed by atoms with Gasteiger partial charge < -0.3 is 10.1 Å². The Hall–Kier alpha value is -1.72. The molecule has 1 aromatic rings. The van der Waals surface area contributed by atoms with E-state index in [-0.39, 0.29) is 0 Å². The van der Waals surface area contributed by atoms with Crippen molar-refractivity contribution in [2.24, 2.45) is 0 Å². The molecule has 6 heteroatoms. The van der Waals surface area contributed by atoms with E-state index in [9.17, 15) is 18.0 Å². The van der Waals surface area contributed by atoms with E-state index in [1.807, 2.05) is 13.8 Å². The summed E-state index contributed by atoms with van der Waals surface area (Å²) in [6, 6.07) is 4.22. The molecule has 1 aromatic carbocycles. The number of alkyl halides is 3. The number of carbonyl (C=O) groups excluding carboxylic acids is 1. The summed E-state index contributed by atoms with van der Waals surface area (Å²) in [5.41, 5.74) is -0.765. The monoisotopic (exact) mass is 319 g/mol. The molecule has 0 bridgehead atoms. The van der Waals surface area contributed by atoms with Crippen LogP contribution in [0, 0.1) is 0 Å². The normalized spacial score (nSPS) is 12.8. The van der Waals surface area contributed by atoms with Gasteiger partial charge in [-0.1, -0.05) is 26.0 Å². The average molecular weight is 319 g/mol. The molecular formula is C16H24F3NO2. The summed E-state index contributed by atoms with van der Waals surface area (Å²) in [5, 5.41) is 2.57. The molecule has 0 radical (unpaired) electrons. The van der Waals surface area contributed by atoms with Crippen LogP contribution in [0.1, 0.15) is 58.7 Å². The van der Waals surface area contributed by atoms with Crippen molar-refractivity contribution in [3.8, 4) is 0 Å². The molecule has 126 valence electrons. The van der Waals surface area contributed by atoms with E-state index in [0.29, 0.717) is 5.56 Å². The molecule has 0 aliphatic carbocycles. The first-order chi connectivity index (χ1) is 9.99. The van der Waals surface area contributed by atoms with Crippen molar-refractivity contribution in [1.29, 1.82) is 0 Å². The van der Waals surface area contributed by atoms with Gasteiger partial charge in [0.05, 0.1) is 11.6 Å². The van der Waals surface area contributed by atoms with Crippen LogP contribution in [0.25, 0.3) is 0 Å². The number of alkyl carbamates (subject to hydrolysis) is 1. The Morgan fingerprint density at radius 3 is 1.91 bits per heavy atom. The summed E-state index contributed by atoms with van der Waals surface area (Å²) in [6.07, 6.45) is -4.97. The Bertz CT molecular complexity index is 462. The number of hydrogen-bond donors (Lipinski definition) is 1. The minimum atomic E-state index is -4.36. The molecule has 1 atom stereocenters. The van der Waals surface area contributed by atoms with Gasteiger partial charge in [-0.15, -0.1) is 0 Å². The van der Waals surface area contributed by atoms with Crippen LogP contribution in [-0.2, 0) is 10.9 Å². The molecule has 0 fully saturated rings. The fourth-order valence-corrected chi connectivity index (χ4v) is 1.53. The number of rotatable bonds is 2. The first-order valence-electron chi connectivity index (χ1n) is 7.16.